The van der Waals surface area contributed by atoms with E-state index in [2.05, 4.69) is 10.6 Å². The highest BCUT2D eigenvalue weighted by Gasteiger charge is 2.19. The zero-order valence-electron chi connectivity index (χ0n) is 8.76. The van der Waals surface area contributed by atoms with E-state index in [1.807, 2.05) is 19.3 Å². The van der Waals surface area contributed by atoms with E-state index in [1.165, 1.54) is 0 Å². The Bertz CT molecular complexity index is 206. The topological polar surface area (TPSA) is 96.2 Å². The summed E-state index contributed by atoms with van der Waals surface area (Å²) in [4.78, 5) is 22.2. The molecule has 0 aliphatic carbocycles. The average molecular weight is 202 g/mol. The van der Waals surface area contributed by atoms with Crippen LogP contribution in [-0.2, 0) is 9.59 Å². The van der Waals surface area contributed by atoms with Gasteiger partial charge in [-0.05, 0) is 13.0 Å². The zero-order chi connectivity index (χ0) is 11.1. The lowest BCUT2D eigenvalue weighted by molar-refractivity contribution is -0.127. The molecule has 0 spiro atoms. The molecular weight excluding hydrogens is 184 g/mol. The number of likely N-dealkylation sites (N-methyl/N-ethyl adjacent to an activating group) is 1. The molecule has 0 rings (SSSR count). The van der Waals surface area contributed by atoms with Gasteiger partial charge in [0.25, 0.3) is 5.91 Å². The van der Waals surface area contributed by atoms with Crippen molar-refractivity contribution in [2.45, 2.75) is 19.9 Å². The van der Waals surface area contributed by atoms with Crippen molar-refractivity contribution in [1.82, 2.24) is 16.1 Å². The van der Waals surface area contributed by atoms with Gasteiger partial charge >= 0.3 is 0 Å². The van der Waals surface area contributed by atoms with Crippen LogP contribution in [0.5, 0.6) is 0 Å². The third-order valence-electron chi connectivity index (χ3n) is 1.84. The predicted octanol–water partition coefficient (Wildman–Crippen LogP) is -1.66. The second-order valence-corrected chi connectivity index (χ2v) is 3.30. The Balaban J connectivity index is 3.99. The molecule has 0 radical (unpaired) electrons. The van der Waals surface area contributed by atoms with Crippen LogP contribution in [0.15, 0.2) is 0 Å². The molecule has 0 bridgehead atoms. The molecule has 0 saturated carbocycles. The first-order chi connectivity index (χ1) is 6.52. The van der Waals surface area contributed by atoms with Gasteiger partial charge in [0.2, 0.25) is 5.91 Å². The Kier molecular flexibility index (Phi) is 5.82. The second kappa shape index (κ2) is 6.33. The summed E-state index contributed by atoms with van der Waals surface area (Å²) in [5.74, 6) is 4.41. The van der Waals surface area contributed by atoms with E-state index in [0.29, 0.717) is 0 Å². The number of hydrogen-bond donors (Lipinski definition) is 4. The monoisotopic (exact) mass is 202 g/mol. The zero-order valence-corrected chi connectivity index (χ0v) is 8.76. The van der Waals surface area contributed by atoms with Gasteiger partial charge in [-0.3, -0.25) is 15.0 Å². The van der Waals surface area contributed by atoms with Crippen molar-refractivity contribution in [1.29, 1.82) is 0 Å². The lowest BCUT2D eigenvalue weighted by atomic mass is 10.0. The van der Waals surface area contributed by atoms with Crippen molar-refractivity contribution in [3.05, 3.63) is 0 Å². The quantitative estimate of drug-likeness (QED) is 0.244. The van der Waals surface area contributed by atoms with Crippen LogP contribution in [0.3, 0.4) is 0 Å². The molecule has 0 aromatic heterocycles. The van der Waals surface area contributed by atoms with Crippen LogP contribution in [-0.4, -0.2) is 31.4 Å². The first kappa shape index (κ1) is 12.9. The van der Waals surface area contributed by atoms with Gasteiger partial charge in [-0.2, -0.15) is 0 Å². The lowest BCUT2D eigenvalue weighted by Crippen LogP contribution is -2.49. The number of hydrazine groups is 1. The minimum atomic E-state index is -0.419. The molecule has 0 aromatic carbocycles. The Morgan fingerprint density at radius 3 is 2.29 bits per heavy atom. The molecule has 6 nitrogen and oxygen atoms in total. The highest BCUT2D eigenvalue weighted by molar-refractivity contribution is 5.87. The SMILES string of the molecule is CNC(C(=O)NCC(=O)NN)C(C)C. The summed E-state index contributed by atoms with van der Waals surface area (Å²) in [6, 6.07) is -0.291. The van der Waals surface area contributed by atoms with E-state index >= 15 is 0 Å². The molecule has 1 atom stereocenters. The molecule has 5 N–H and O–H groups in total. The standard InChI is InChI=1S/C8H18N4O2/c1-5(2)7(10-3)8(14)11-4-6(13)12-9/h5,7,10H,4,9H2,1-3H3,(H,11,14)(H,12,13). The summed E-state index contributed by atoms with van der Waals surface area (Å²) in [6.07, 6.45) is 0. The fourth-order valence-electron chi connectivity index (χ4n) is 1.10. The Morgan fingerprint density at radius 1 is 1.36 bits per heavy atom. The molecule has 0 heterocycles. The van der Waals surface area contributed by atoms with Crippen molar-refractivity contribution >= 4 is 11.8 Å². The number of nitrogens with one attached hydrogen (secondary N) is 3. The number of hydrogen-bond acceptors (Lipinski definition) is 4. The third kappa shape index (κ3) is 4.20. The number of carbonyl (C=O) groups excluding carboxylic acids is 2. The molecule has 2 amide bonds. The largest absolute Gasteiger partial charge is 0.346 e. The van der Waals surface area contributed by atoms with Crippen LogP contribution in [0.2, 0.25) is 0 Å². The summed E-state index contributed by atoms with van der Waals surface area (Å²) in [5, 5.41) is 5.34. The van der Waals surface area contributed by atoms with E-state index in [4.69, 9.17) is 5.84 Å². The van der Waals surface area contributed by atoms with Gasteiger partial charge < -0.3 is 10.6 Å². The highest BCUT2D eigenvalue weighted by atomic mass is 16.2. The molecule has 1 unspecified atom stereocenters. The minimum Gasteiger partial charge on any atom is -0.346 e. The summed E-state index contributed by atoms with van der Waals surface area (Å²) in [7, 11) is 1.70. The van der Waals surface area contributed by atoms with Crippen LogP contribution in [0.25, 0.3) is 0 Å². The summed E-state index contributed by atoms with van der Waals surface area (Å²) < 4.78 is 0. The van der Waals surface area contributed by atoms with Crippen molar-refractivity contribution in [3.8, 4) is 0 Å². The molecule has 0 aromatic rings. The number of nitrogens with two attached hydrogens (primary N) is 1. The minimum absolute atomic E-state index is 0.0970. The Labute approximate surface area is 83.6 Å². The molecule has 14 heavy (non-hydrogen) atoms. The van der Waals surface area contributed by atoms with Gasteiger partial charge in [-0.15, -0.1) is 0 Å². The van der Waals surface area contributed by atoms with Gasteiger partial charge in [0, 0.05) is 0 Å². The first-order valence-electron chi connectivity index (χ1n) is 4.47. The normalized spacial score (nSPS) is 12.4. The smallest absolute Gasteiger partial charge is 0.253 e. The first-order valence-corrected chi connectivity index (χ1v) is 4.47. The summed E-state index contributed by atoms with van der Waals surface area (Å²) >= 11 is 0. The van der Waals surface area contributed by atoms with Gasteiger partial charge in [0.05, 0.1) is 12.6 Å². The summed E-state index contributed by atoms with van der Waals surface area (Å²) in [6.45, 7) is 3.74. The van der Waals surface area contributed by atoms with Crippen molar-refractivity contribution in [2.75, 3.05) is 13.6 Å². The lowest BCUT2D eigenvalue weighted by Gasteiger charge is -2.18. The maximum absolute atomic E-state index is 11.4. The van der Waals surface area contributed by atoms with Crippen molar-refractivity contribution in [2.24, 2.45) is 11.8 Å². The number of carbonyl (C=O) groups is 2. The molecule has 0 aliphatic rings. The van der Waals surface area contributed by atoms with Gasteiger partial charge in [0.15, 0.2) is 0 Å². The van der Waals surface area contributed by atoms with Crippen LogP contribution in [0.1, 0.15) is 13.8 Å². The van der Waals surface area contributed by atoms with Crippen LogP contribution in [0.4, 0.5) is 0 Å². The number of amides is 2. The van der Waals surface area contributed by atoms with Gasteiger partial charge in [0.1, 0.15) is 0 Å². The van der Waals surface area contributed by atoms with E-state index in [1.54, 1.807) is 7.05 Å². The number of rotatable bonds is 5. The van der Waals surface area contributed by atoms with Crippen LogP contribution < -0.4 is 21.9 Å². The second-order valence-electron chi connectivity index (χ2n) is 3.30. The molecule has 6 heteroatoms. The predicted molar refractivity (Wildman–Crippen MR) is 53.0 cm³/mol. The highest BCUT2D eigenvalue weighted by Crippen LogP contribution is 1.99. The molecule has 0 aliphatic heterocycles. The summed E-state index contributed by atoms with van der Waals surface area (Å²) in [5.41, 5.74) is 1.93. The van der Waals surface area contributed by atoms with E-state index in [-0.39, 0.29) is 24.4 Å². The molecule has 0 fully saturated rings. The van der Waals surface area contributed by atoms with Gasteiger partial charge in [-0.1, -0.05) is 13.8 Å². The Morgan fingerprint density at radius 2 is 1.93 bits per heavy atom. The fraction of sp³-hybridized carbons (Fsp3) is 0.750. The maximum Gasteiger partial charge on any atom is 0.253 e. The molecular formula is C8H18N4O2. The maximum atomic E-state index is 11.4. The molecule has 0 saturated heterocycles. The van der Waals surface area contributed by atoms with Gasteiger partial charge in [-0.25, -0.2) is 5.84 Å². The average Bonchev–Trinajstić information content (AvgIpc) is 2.14. The Hall–Kier alpha value is -1.14. The van der Waals surface area contributed by atoms with Crippen molar-refractivity contribution in [3.63, 3.8) is 0 Å². The van der Waals surface area contributed by atoms with E-state index in [9.17, 15) is 9.59 Å². The third-order valence-corrected chi connectivity index (χ3v) is 1.84. The van der Waals surface area contributed by atoms with E-state index < -0.39 is 5.91 Å². The fourth-order valence-corrected chi connectivity index (χ4v) is 1.10. The molecule has 82 valence electrons. The van der Waals surface area contributed by atoms with E-state index in [0.717, 1.165) is 0 Å². The van der Waals surface area contributed by atoms with Crippen LogP contribution >= 0.6 is 0 Å². The van der Waals surface area contributed by atoms with Crippen LogP contribution in [0, 0.1) is 5.92 Å². The van der Waals surface area contributed by atoms with Crippen molar-refractivity contribution < 1.29 is 9.59 Å².